The van der Waals surface area contributed by atoms with Gasteiger partial charge in [-0.25, -0.2) is 0 Å². The molecule has 0 aliphatic carbocycles. The molecule has 28 heavy (non-hydrogen) atoms. The number of anilines is 1. The highest BCUT2D eigenvalue weighted by Crippen LogP contribution is 2.27. The van der Waals surface area contributed by atoms with Gasteiger partial charge in [0.15, 0.2) is 0 Å². The molecule has 6 nitrogen and oxygen atoms in total. The molecular formula is C21H27N5OS. The van der Waals surface area contributed by atoms with E-state index in [-0.39, 0.29) is 11.9 Å². The van der Waals surface area contributed by atoms with Gasteiger partial charge in [0.2, 0.25) is 0 Å². The van der Waals surface area contributed by atoms with Gasteiger partial charge in [-0.1, -0.05) is 18.2 Å². The largest absolute Gasteiger partial charge is 0.369 e. The number of piperazine rings is 1. The van der Waals surface area contributed by atoms with Crippen LogP contribution in [0.15, 0.2) is 36.4 Å². The van der Waals surface area contributed by atoms with E-state index >= 15 is 0 Å². The second-order valence-corrected chi connectivity index (χ2v) is 8.57. The Morgan fingerprint density at radius 1 is 1.21 bits per heavy atom. The number of nitrogens with zero attached hydrogens (tertiary/aromatic N) is 4. The summed E-state index contributed by atoms with van der Waals surface area (Å²) >= 11 is 1.51. The molecule has 1 aliphatic rings. The molecule has 1 amide bonds. The maximum absolute atomic E-state index is 12.7. The summed E-state index contributed by atoms with van der Waals surface area (Å²) in [4.78, 5) is 19.3. The van der Waals surface area contributed by atoms with Crippen LogP contribution >= 0.6 is 11.3 Å². The minimum Gasteiger partial charge on any atom is -0.369 e. The first kappa shape index (κ1) is 19.0. The third-order valence-corrected chi connectivity index (χ3v) is 6.52. The van der Waals surface area contributed by atoms with Crippen molar-refractivity contribution in [2.75, 3.05) is 37.6 Å². The molecule has 3 aromatic rings. The highest BCUT2D eigenvalue weighted by atomic mass is 32.1. The molecule has 0 spiro atoms. The Kier molecular flexibility index (Phi) is 5.37. The molecule has 1 saturated heterocycles. The van der Waals surface area contributed by atoms with Crippen molar-refractivity contribution in [3.63, 3.8) is 0 Å². The van der Waals surface area contributed by atoms with Crippen molar-refractivity contribution in [2.45, 2.75) is 19.9 Å². The zero-order chi connectivity index (χ0) is 19.7. The zero-order valence-electron chi connectivity index (χ0n) is 16.7. The third-order valence-electron chi connectivity index (χ3n) is 5.32. The fourth-order valence-electron chi connectivity index (χ4n) is 3.87. The number of benzene rings is 1. The third kappa shape index (κ3) is 3.91. The van der Waals surface area contributed by atoms with E-state index in [1.54, 1.807) is 0 Å². The second kappa shape index (κ2) is 7.93. The lowest BCUT2D eigenvalue weighted by molar-refractivity contribution is 0.0932. The number of para-hydroxylation sites is 1. The summed E-state index contributed by atoms with van der Waals surface area (Å²) in [6.45, 7) is 9.02. The predicted molar refractivity (Wildman–Crippen MR) is 115 cm³/mol. The van der Waals surface area contributed by atoms with Gasteiger partial charge in [-0.15, -0.1) is 11.3 Å². The van der Waals surface area contributed by atoms with Crippen molar-refractivity contribution >= 4 is 33.1 Å². The number of aryl methyl sites for hydroxylation is 2. The summed E-state index contributed by atoms with van der Waals surface area (Å²) in [7, 11) is 1.92. The van der Waals surface area contributed by atoms with Crippen LogP contribution in [0.1, 0.15) is 22.3 Å². The molecule has 1 atom stereocenters. The molecule has 1 N–H and O–H groups in total. The van der Waals surface area contributed by atoms with Crippen LogP contribution in [-0.4, -0.2) is 59.4 Å². The summed E-state index contributed by atoms with van der Waals surface area (Å²) in [5, 5.41) is 8.64. The molecule has 1 aromatic carbocycles. The molecule has 2 aromatic heterocycles. The van der Waals surface area contributed by atoms with Crippen LogP contribution in [0.5, 0.6) is 0 Å². The molecule has 7 heteroatoms. The predicted octanol–water partition coefficient (Wildman–Crippen LogP) is 2.88. The number of thiophene rings is 1. The van der Waals surface area contributed by atoms with Crippen LogP contribution in [0.2, 0.25) is 0 Å². The molecule has 0 radical (unpaired) electrons. The fraction of sp³-hybridized carbons (Fsp3) is 0.429. The Balaban J connectivity index is 1.30. The van der Waals surface area contributed by atoms with E-state index < -0.39 is 0 Å². The number of hydrogen-bond donors (Lipinski definition) is 1. The standard InChI is InChI=1S/C21H27N5OS/c1-15(14-25-9-11-26(12-10-25)17-7-5-4-6-8-17)22-20(27)19-13-18-16(2)23-24(3)21(18)28-19/h4-8,13,15H,9-12,14H2,1-3H3,(H,22,27). The number of nitrogens with one attached hydrogen (secondary N) is 1. The second-order valence-electron chi connectivity index (χ2n) is 7.54. The molecule has 1 aliphatic heterocycles. The smallest absolute Gasteiger partial charge is 0.261 e. The zero-order valence-corrected chi connectivity index (χ0v) is 17.5. The highest BCUT2D eigenvalue weighted by molar-refractivity contribution is 7.20. The van der Waals surface area contributed by atoms with E-state index in [2.05, 4.69) is 57.5 Å². The monoisotopic (exact) mass is 397 g/mol. The molecule has 1 unspecified atom stereocenters. The average Bonchev–Trinajstić information content (AvgIpc) is 3.25. The lowest BCUT2D eigenvalue weighted by Gasteiger charge is -2.37. The van der Waals surface area contributed by atoms with E-state index in [1.165, 1.54) is 17.0 Å². The Labute approximate surface area is 169 Å². The van der Waals surface area contributed by atoms with Crippen molar-refractivity contribution in [3.8, 4) is 0 Å². The summed E-state index contributed by atoms with van der Waals surface area (Å²) in [6, 6.07) is 12.6. The van der Waals surface area contributed by atoms with Crippen LogP contribution in [0.4, 0.5) is 5.69 Å². The first-order chi connectivity index (χ1) is 13.5. The van der Waals surface area contributed by atoms with Crippen molar-refractivity contribution in [1.29, 1.82) is 0 Å². The van der Waals surface area contributed by atoms with Crippen LogP contribution < -0.4 is 10.2 Å². The normalized spacial score (nSPS) is 16.5. The van der Waals surface area contributed by atoms with E-state index in [4.69, 9.17) is 0 Å². The van der Waals surface area contributed by atoms with E-state index in [1.807, 2.05) is 24.7 Å². The first-order valence-corrected chi connectivity index (χ1v) is 10.6. The van der Waals surface area contributed by atoms with Gasteiger partial charge in [0.05, 0.1) is 10.6 Å². The fourth-order valence-corrected chi connectivity index (χ4v) is 4.90. The van der Waals surface area contributed by atoms with Gasteiger partial charge in [-0.2, -0.15) is 5.10 Å². The first-order valence-electron chi connectivity index (χ1n) is 9.77. The van der Waals surface area contributed by atoms with Gasteiger partial charge in [0.25, 0.3) is 5.91 Å². The number of hydrogen-bond acceptors (Lipinski definition) is 5. The number of carbonyl (C=O) groups is 1. The van der Waals surface area contributed by atoms with Crippen LogP contribution in [0, 0.1) is 6.92 Å². The summed E-state index contributed by atoms with van der Waals surface area (Å²) in [6.07, 6.45) is 0. The molecule has 0 bridgehead atoms. The van der Waals surface area contributed by atoms with Gasteiger partial charge in [-0.05, 0) is 32.0 Å². The Hall–Kier alpha value is -2.38. The van der Waals surface area contributed by atoms with E-state index in [0.717, 1.165) is 53.5 Å². The van der Waals surface area contributed by atoms with Gasteiger partial charge in [0, 0.05) is 56.9 Å². The van der Waals surface area contributed by atoms with E-state index in [9.17, 15) is 4.79 Å². The van der Waals surface area contributed by atoms with Crippen LogP contribution in [0.25, 0.3) is 10.2 Å². The van der Waals surface area contributed by atoms with Crippen molar-refractivity contribution in [3.05, 3.63) is 47.0 Å². The maximum atomic E-state index is 12.7. The summed E-state index contributed by atoms with van der Waals surface area (Å²) in [5.74, 6) is 0.0102. The average molecular weight is 398 g/mol. The molecule has 148 valence electrons. The lowest BCUT2D eigenvalue weighted by Crippen LogP contribution is -2.50. The molecule has 1 fully saturated rings. The number of fused-ring (bicyclic) bond motifs is 1. The van der Waals surface area contributed by atoms with Crippen LogP contribution in [0.3, 0.4) is 0 Å². The van der Waals surface area contributed by atoms with Crippen molar-refractivity contribution in [1.82, 2.24) is 20.0 Å². The van der Waals surface area contributed by atoms with Gasteiger partial charge in [-0.3, -0.25) is 14.4 Å². The van der Waals surface area contributed by atoms with Gasteiger partial charge >= 0.3 is 0 Å². The number of amides is 1. The van der Waals surface area contributed by atoms with E-state index in [0.29, 0.717) is 0 Å². The maximum Gasteiger partial charge on any atom is 0.261 e. The van der Waals surface area contributed by atoms with Crippen LogP contribution in [-0.2, 0) is 7.05 Å². The molecule has 0 saturated carbocycles. The number of rotatable bonds is 5. The highest BCUT2D eigenvalue weighted by Gasteiger charge is 2.21. The quantitative estimate of drug-likeness (QED) is 0.719. The Morgan fingerprint density at radius 3 is 2.61 bits per heavy atom. The summed E-state index contributed by atoms with van der Waals surface area (Å²) < 4.78 is 1.85. The summed E-state index contributed by atoms with van der Waals surface area (Å²) in [5.41, 5.74) is 2.26. The topological polar surface area (TPSA) is 53.4 Å². The Bertz CT molecular complexity index is 921. The molecular weight excluding hydrogens is 370 g/mol. The van der Waals surface area contributed by atoms with Crippen molar-refractivity contribution in [2.24, 2.45) is 7.05 Å². The van der Waals surface area contributed by atoms with Gasteiger partial charge < -0.3 is 10.2 Å². The Morgan fingerprint density at radius 2 is 1.93 bits per heavy atom. The minimum absolute atomic E-state index is 0.0102. The molecule has 4 rings (SSSR count). The lowest BCUT2D eigenvalue weighted by atomic mass is 10.2. The number of carbonyl (C=O) groups excluding carboxylic acids is 1. The molecule has 3 heterocycles. The number of aromatic nitrogens is 2. The SMILES string of the molecule is Cc1nn(C)c2sc(C(=O)NC(C)CN3CCN(c4ccccc4)CC3)cc12. The minimum atomic E-state index is 0.0102. The van der Waals surface area contributed by atoms with Gasteiger partial charge in [0.1, 0.15) is 4.83 Å². The van der Waals surface area contributed by atoms with Crippen molar-refractivity contribution < 1.29 is 4.79 Å².